The zero-order chi connectivity index (χ0) is 22.5. The number of non-ortho nitro benzene ring substituents is 1. The minimum Gasteiger partial charge on any atom is -0.497 e. The SMILES string of the molecule is COc1ccc(-n2c(SCC(=O)c3ccc([N+](=O)[O-])cc3)nnc2-c2ccccc2)cc1. The van der Waals surface area contributed by atoms with Gasteiger partial charge in [0.25, 0.3) is 5.69 Å². The molecule has 4 rings (SSSR count). The van der Waals surface area contributed by atoms with Crippen molar-refractivity contribution >= 4 is 23.2 Å². The van der Waals surface area contributed by atoms with Gasteiger partial charge in [0.2, 0.25) is 0 Å². The van der Waals surface area contributed by atoms with Gasteiger partial charge in [-0.15, -0.1) is 10.2 Å². The first-order chi connectivity index (χ1) is 15.6. The number of Topliss-reactive ketones (excluding diaryl/α,β-unsaturated/α-hetero) is 1. The van der Waals surface area contributed by atoms with E-state index in [2.05, 4.69) is 10.2 Å². The molecule has 9 heteroatoms. The summed E-state index contributed by atoms with van der Waals surface area (Å²) in [7, 11) is 1.61. The van der Waals surface area contributed by atoms with Crippen molar-refractivity contribution < 1.29 is 14.5 Å². The Kier molecular flexibility index (Phi) is 6.27. The van der Waals surface area contributed by atoms with Gasteiger partial charge in [0.05, 0.1) is 17.8 Å². The van der Waals surface area contributed by atoms with Crippen molar-refractivity contribution in [1.29, 1.82) is 0 Å². The molecule has 0 bridgehead atoms. The molecule has 32 heavy (non-hydrogen) atoms. The van der Waals surface area contributed by atoms with E-state index in [4.69, 9.17) is 4.74 Å². The summed E-state index contributed by atoms with van der Waals surface area (Å²) in [5, 5.41) is 20.1. The van der Waals surface area contributed by atoms with E-state index in [1.54, 1.807) is 7.11 Å². The number of nitro benzene ring substituents is 1. The number of nitro groups is 1. The molecule has 0 aliphatic heterocycles. The number of aromatic nitrogens is 3. The molecule has 0 aliphatic carbocycles. The molecular formula is C23H18N4O4S. The van der Waals surface area contributed by atoms with Gasteiger partial charge in [-0.2, -0.15) is 0 Å². The second-order valence-electron chi connectivity index (χ2n) is 6.72. The lowest BCUT2D eigenvalue weighted by molar-refractivity contribution is -0.384. The summed E-state index contributed by atoms with van der Waals surface area (Å²) in [6.07, 6.45) is 0. The average Bonchev–Trinajstić information content (AvgIpc) is 3.27. The van der Waals surface area contributed by atoms with Crippen LogP contribution in [-0.4, -0.2) is 38.3 Å². The molecule has 0 saturated carbocycles. The second kappa shape index (κ2) is 9.44. The maximum Gasteiger partial charge on any atom is 0.269 e. The fraction of sp³-hybridized carbons (Fsp3) is 0.0870. The van der Waals surface area contributed by atoms with Crippen LogP contribution >= 0.6 is 11.8 Å². The van der Waals surface area contributed by atoms with Crippen LogP contribution in [0.4, 0.5) is 5.69 Å². The summed E-state index contributed by atoms with van der Waals surface area (Å²) >= 11 is 1.26. The average molecular weight is 446 g/mol. The molecule has 0 amide bonds. The predicted octanol–water partition coefficient (Wildman–Crippen LogP) is 4.83. The summed E-state index contributed by atoms with van der Waals surface area (Å²) in [5.74, 6) is 1.34. The van der Waals surface area contributed by atoms with Crippen LogP contribution in [0.25, 0.3) is 17.1 Å². The number of rotatable bonds is 8. The molecule has 8 nitrogen and oxygen atoms in total. The number of ether oxygens (including phenoxy) is 1. The molecule has 0 atom stereocenters. The van der Waals surface area contributed by atoms with Crippen LogP contribution in [0, 0.1) is 10.1 Å². The lowest BCUT2D eigenvalue weighted by Crippen LogP contribution is -2.05. The number of hydrogen-bond donors (Lipinski definition) is 0. The van der Waals surface area contributed by atoms with Crippen molar-refractivity contribution in [2.45, 2.75) is 5.16 Å². The van der Waals surface area contributed by atoms with Crippen LogP contribution in [0.1, 0.15) is 10.4 Å². The Labute approximate surface area is 188 Å². The van der Waals surface area contributed by atoms with E-state index in [9.17, 15) is 14.9 Å². The van der Waals surface area contributed by atoms with Gasteiger partial charge in [0.15, 0.2) is 16.8 Å². The number of methoxy groups -OCH3 is 1. The van der Waals surface area contributed by atoms with Crippen molar-refractivity contribution in [3.05, 3.63) is 94.5 Å². The van der Waals surface area contributed by atoms with Crippen molar-refractivity contribution in [3.63, 3.8) is 0 Å². The molecule has 0 N–H and O–H groups in total. The molecule has 1 heterocycles. The Hall–Kier alpha value is -3.98. The molecule has 0 spiro atoms. The summed E-state index contributed by atoms with van der Waals surface area (Å²) in [5.41, 5.74) is 2.08. The quantitative estimate of drug-likeness (QED) is 0.165. The van der Waals surface area contributed by atoms with E-state index >= 15 is 0 Å². The lowest BCUT2D eigenvalue weighted by Gasteiger charge is -2.11. The van der Waals surface area contributed by atoms with Gasteiger partial charge in [-0.3, -0.25) is 19.5 Å². The van der Waals surface area contributed by atoms with Crippen LogP contribution < -0.4 is 4.74 Å². The zero-order valence-corrected chi connectivity index (χ0v) is 17.9. The van der Waals surface area contributed by atoms with E-state index in [0.717, 1.165) is 17.0 Å². The highest BCUT2D eigenvalue weighted by Gasteiger charge is 2.18. The molecule has 0 saturated heterocycles. The Bertz CT molecular complexity index is 1240. The molecule has 3 aromatic carbocycles. The molecule has 0 radical (unpaired) electrons. The van der Waals surface area contributed by atoms with Crippen molar-refractivity contribution in [3.8, 4) is 22.8 Å². The smallest absolute Gasteiger partial charge is 0.269 e. The van der Waals surface area contributed by atoms with Gasteiger partial charge in [-0.25, -0.2) is 0 Å². The van der Waals surface area contributed by atoms with E-state index in [-0.39, 0.29) is 17.2 Å². The van der Waals surface area contributed by atoms with Crippen LogP contribution in [0.15, 0.2) is 84.0 Å². The number of carbonyl (C=O) groups is 1. The Morgan fingerprint density at radius 2 is 1.69 bits per heavy atom. The van der Waals surface area contributed by atoms with Gasteiger partial charge in [-0.05, 0) is 36.4 Å². The third-order valence-corrected chi connectivity index (χ3v) is 5.66. The molecule has 0 fully saturated rings. The predicted molar refractivity (Wildman–Crippen MR) is 121 cm³/mol. The van der Waals surface area contributed by atoms with Crippen molar-refractivity contribution in [1.82, 2.24) is 14.8 Å². The highest BCUT2D eigenvalue weighted by molar-refractivity contribution is 7.99. The van der Waals surface area contributed by atoms with Gasteiger partial charge >= 0.3 is 0 Å². The Morgan fingerprint density at radius 3 is 2.31 bits per heavy atom. The van der Waals surface area contributed by atoms with Gasteiger partial charge in [0.1, 0.15) is 5.75 Å². The van der Waals surface area contributed by atoms with E-state index in [1.807, 2.05) is 59.2 Å². The number of benzene rings is 3. The zero-order valence-electron chi connectivity index (χ0n) is 17.0. The number of carbonyl (C=O) groups excluding carboxylic acids is 1. The molecule has 160 valence electrons. The number of hydrogen-bond acceptors (Lipinski definition) is 7. The lowest BCUT2D eigenvalue weighted by atomic mass is 10.1. The van der Waals surface area contributed by atoms with E-state index in [1.165, 1.54) is 36.0 Å². The van der Waals surface area contributed by atoms with Crippen LogP contribution in [0.5, 0.6) is 5.75 Å². The maximum absolute atomic E-state index is 12.6. The molecule has 4 aromatic rings. The van der Waals surface area contributed by atoms with Crippen LogP contribution in [0.3, 0.4) is 0 Å². The minimum absolute atomic E-state index is 0.0547. The first-order valence-electron chi connectivity index (χ1n) is 9.62. The van der Waals surface area contributed by atoms with Gasteiger partial charge < -0.3 is 4.74 Å². The largest absolute Gasteiger partial charge is 0.497 e. The van der Waals surface area contributed by atoms with Crippen molar-refractivity contribution in [2.24, 2.45) is 0 Å². The summed E-state index contributed by atoms with van der Waals surface area (Å²) in [6, 6.07) is 22.7. The fourth-order valence-electron chi connectivity index (χ4n) is 3.08. The number of thioether (sulfide) groups is 1. The summed E-state index contributed by atoms with van der Waals surface area (Å²) < 4.78 is 7.14. The first-order valence-corrected chi connectivity index (χ1v) is 10.6. The third-order valence-electron chi connectivity index (χ3n) is 4.73. The number of ketones is 1. The fourth-order valence-corrected chi connectivity index (χ4v) is 3.93. The van der Waals surface area contributed by atoms with E-state index in [0.29, 0.717) is 16.5 Å². The molecule has 1 aromatic heterocycles. The third kappa shape index (κ3) is 4.52. The van der Waals surface area contributed by atoms with Gasteiger partial charge in [-0.1, -0.05) is 42.1 Å². The Morgan fingerprint density at radius 1 is 1.00 bits per heavy atom. The van der Waals surface area contributed by atoms with Gasteiger partial charge in [0, 0.05) is 28.9 Å². The maximum atomic E-state index is 12.6. The minimum atomic E-state index is -0.495. The number of nitrogens with zero attached hydrogens (tertiary/aromatic N) is 4. The molecular weight excluding hydrogens is 428 g/mol. The standard InChI is InChI=1S/C23H18N4O4S/c1-31-20-13-11-18(12-14-20)26-22(17-5-3-2-4-6-17)24-25-23(26)32-15-21(28)16-7-9-19(10-8-16)27(29)30/h2-14H,15H2,1H3. The second-order valence-corrected chi connectivity index (χ2v) is 7.66. The normalized spacial score (nSPS) is 10.7. The van der Waals surface area contributed by atoms with Crippen LogP contribution in [-0.2, 0) is 0 Å². The topological polar surface area (TPSA) is 100 Å². The Balaban J connectivity index is 1.62. The van der Waals surface area contributed by atoms with Crippen LogP contribution in [0.2, 0.25) is 0 Å². The summed E-state index contributed by atoms with van der Waals surface area (Å²) in [6.45, 7) is 0. The first kappa shape index (κ1) is 21.3. The highest BCUT2D eigenvalue weighted by atomic mass is 32.2. The van der Waals surface area contributed by atoms with Crippen molar-refractivity contribution in [2.75, 3.05) is 12.9 Å². The molecule has 0 aliphatic rings. The molecule has 0 unspecified atom stereocenters. The summed E-state index contributed by atoms with van der Waals surface area (Å²) in [4.78, 5) is 23.0. The monoisotopic (exact) mass is 446 g/mol. The van der Waals surface area contributed by atoms with E-state index < -0.39 is 4.92 Å². The highest BCUT2D eigenvalue weighted by Crippen LogP contribution is 2.29.